The number of nitrogens with zero attached hydrogens (tertiary/aromatic N) is 4. The maximum Gasteiger partial charge on any atom is 0.471 e. The molecule has 0 atom stereocenters. The number of pyridine rings is 1. The Balaban J connectivity index is 1.91. The summed E-state index contributed by atoms with van der Waals surface area (Å²) >= 11 is 6.08. The molecule has 0 saturated carbocycles. The van der Waals surface area contributed by atoms with E-state index in [0.29, 0.717) is 5.56 Å². The van der Waals surface area contributed by atoms with Crippen LogP contribution in [0.15, 0.2) is 45.8 Å². The Kier molecular flexibility index (Phi) is 4.30. The second-order valence-electron chi connectivity index (χ2n) is 6.15. The van der Waals surface area contributed by atoms with E-state index in [4.69, 9.17) is 11.6 Å². The van der Waals surface area contributed by atoms with Crippen molar-refractivity contribution in [2.75, 3.05) is 0 Å². The molecule has 1 N–H and O–H groups in total. The Labute approximate surface area is 165 Å². The second-order valence-corrected chi connectivity index (χ2v) is 6.59. The molecule has 3 aromatic heterocycles. The molecule has 0 saturated heterocycles. The van der Waals surface area contributed by atoms with Crippen LogP contribution in [-0.4, -0.2) is 24.6 Å². The first-order valence-electron chi connectivity index (χ1n) is 8.08. The molecule has 1 aromatic carbocycles. The van der Waals surface area contributed by atoms with E-state index in [-0.39, 0.29) is 33.2 Å². The topological polar surface area (TPSA) is 93.5 Å². The Hall–Kier alpha value is -3.40. The molecular weight excluding hydrogens is 413 g/mol. The van der Waals surface area contributed by atoms with E-state index in [1.165, 1.54) is 28.8 Å². The van der Waals surface area contributed by atoms with Gasteiger partial charge in [0.25, 0.3) is 5.56 Å². The Morgan fingerprint density at radius 3 is 2.59 bits per heavy atom. The maximum atomic E-state index is 12.9. The van der Waals surface area contributed by atoms with Gasteiger partial charge >= 0.3 is 12.1 Å². The van der Waals surface area contributed by atoms with Crippen LogP contribution < -0.4 is 5.56 Å². The first kappa shape index (κ1) is 18.9. The van der Waals surface area contributed by atoms with Gasteiger partial charge in [-0.25, -0.2) is 0 Å². The minimum Gasteiger partial charge on any atom is -0.493 e. The van der Waals surface area contributed by atoms with Crippen molar-refractivity contribution in [1.82, 2.24) is 19.5 Å². The molecule has 0 spiro atoms. The largest absolute Gasteiger partial charge is 0.493 e. The molecule has 148 valence electrons. The van der Waals surface area contributed by atoms with Gasteiger partial charge in [0.15, 0.2) is 0 Å². The minimum absolute atomic E-state index is 0.0693. The van der Waals surface area contributed by atoms with Gasteiger partial charge in [-0.05, 0) is 42.3 Å². The van der Waals surface area contributed by atoms with Crippen molar-refractivity contribution < 1.29 is 22.8 Å². The van der Waals surface area contributed by atoms with Crippen LogP contribution in [0.25, 0.3) is 28.2 Å². The summed E-state index contributed by atoms with van der Waals surface area (Å²) in [6.07, 6.45) is -3.31. The van der Waals surface area contributed by atoms with Crippen LogP contribution in [0.5, 0.6) is 5.88 Å². The number of alkyl halides is 3. The number of hydrogen-bond donors (Lipinski definition) is 1. The number of aromatic hydroxyl groups is 1. The monoisotopic (exact) mass is 422 g/mol. The summed E-state index contributed by atoms with van der Waals surface area (Å²) in [7, 11) is 0. The predicted molar refractivity (Wildman–Crippen MR) is 96.6 cm³/mol. The first-order valence-corrected chi connectivity index (χ1v) is 8.46. The molecule has 0 unspecified atom stereocenters. The van der Waals surface area contributed by atoms with Crippen molar-refractivity contribution in [3.63, 3.8) is 0 Å². The molecular formula is C18H10ClF3N4O3. The van der Waals surface area contributed by atoms with Gasteiger partial charge in [-0.3, -0.25) is 9.20 Å². The Morgan fingerprint density at radius 1 is 1.17 bits per heavy atom. The minimum atomic E-state index is -4.80. The van der Waals surface area contributed by atoms with Crippen LogP contribution >= 0.6 is 11.6 Å². The quantitative estimate of drug-likeness (QED) is 0.523. The number of fused-ring (bicyclic) bond motifs is 1. The van der Waals surface area contributed by atoms with Gasteiger partial charge in [-0.1, -0.05) is 22.8 Å². The van der Waals surface area contributed by atoms with Crippen molar-refractivity contribution in [3.05, 3.63) is 63.4 Å². The highest BCUT2D eigenvalue weighted by molar-refractivity contribution is 6.31. The average Bonchev–Trinajstić information content (AvgIpc) is 3.13. The zero-order valence-corrected chi connectivity index (χ0v) is 15.3. The molecule has 7 nitrogen and oxygen atoms in total. The molecule has 11 heteroatoms. The van der Waals surface area contributed by atoms with E-state index in [9.17, 15) is 23.1 Å². The van der Waals surface area contributed by atoms with Crippen LogP contribution in [0.3, 0.4) is 0 Å². The molecule has 0 amide bonds. The molecule has 4 rings (SSSR count). The first-order chi connectivity index (χ1) is 13.6. The third-order valence-corrected chi connectivity index (χ3v) is 4.36. The van der Waals surface area contributed by atoms with E-state index in [2.05, 4.69) is 19.6 Å². The summed E-state index contributed by atoms with van der Waals surface area (Å²) in [5.74, 6) is -2.42. The van der Waals surface area contributed by atoms with E-state index in [1.807, 2.05) is 0 Å². The maximum absolute atomic E-state index is 12.9. The fraction of sp³-hybridized carbons (Fsp3) is 0.111. The Bertz CT molecular complexity index is 1310. The fourth-order valence-electron chi connectivity index (χ4n) is 2.86. The second kappa shape index (κ2) is 6.59. The van der Waals surface area contributed by atoms with Crippen LogP contribution in [-0.2, 0) is 6.18 Å². The smallest absolute Gasteiger partial charge is 0.471 e. The lowest BCUT2D eigenvalue weighted by Gasteiger charge is -2.09. The summed E-state index contributed by atoms with van der Waals surface area (Å²) in [6.45, 7) is 1.73. The summed E-state index contributed by atoms with van der Waals surface area (Å²) in [5, 5.41) is 13.8. The molecule has 0 aliphatic carbocycles. The van der Waals surface area contributed by atoms with Crippen molar-refractivity contribution in [1.29, 1.82) is 0 Å². The number of rotatable bonds is 2. The van der Waals surface area contributed by atoms with Crippen molar-refractivity contribution >= 4 is 17.2 Å². The summed E-state index contributed by atoms with van der Waals surface area (Å²) in [6, 6.07) is 7.37. The van der Waals surface area contributed by atoms with E-state index in [0.717, 1.165) is 0 Å². The molecule has 4 aromatic rings. The van der Waals surface area contributed by atoms with Crippen molar-refractivity contribution in [3.8, 4) is 28.4 Å². The van der Waals surface area contributed by atoms with Crippen molar-refractivity contribution in [2.45, 2.75) is 13.1 Å². The van der Waals surface area contributed by atoms with Crippen LogP contribution in [0.4, 0.5) is 13.2 Å². The standard InChI is InChI=1S/C18H10ClF3N4O3/c1-8-3-2-4-26-14(8)24-15(27)12(16(26)28)9-5-10(7-11(19)6-9)13-23-17(29-25-13)18(20,21)22/h2-7,27H,1H3. The zero-order chi connectivity index (χ0) is 20.9. The lowest BCUT2D eigenvalue weighted by Crippen LogP contribution is -2.17. The normalized spacial score (nSPS) is 11.9. The lowest BCUT2D eigenvalue weighted by molar-refractivity contribution is -0.159. The van der Waals surface area contributed by atoms with Crippen molar-refractivity contribution in [2.24, 2.45) is 0 Å². The van der Waals surface area contributed by atoms with Gasteiger partial charge in [0, 0.05) is 16.8 Å². The van der Waals surface area contributed by atoms with Gasteiger partial charge in [-0.15, -0.1) is 0 Å². The van der Waals surface area contributed by atoms with Gasteiger partial charge < -0.3 is 9.63 Å². The van der Waals surface area contributed by atoms with Crippen LogP contribution in [0.2, 0.25) is 5.02 Å². The fourth-order valence-corrected chi connectivity index (χ4v) is 3.09. The lowest BCUT2D eigenvalue weighted by atomic mass is 10.0. The highest BCUT2D eigenvalue weighted by atomic mass is 35.5. The summed E-state index contributed by atoms with van der Waals surface area (Å²) in [4.78, 5) is 20.3. The molecule has 0 aliphatic rings. The molecule has 0 fully saturated rings. The Morgan fingerprint density at radius 2 is 1.90 bits per heavy atom. The molecule has 0 radical (unpaired) electrons. The van der Waals surface area contributed by atoms with Crippen LogP contribution in [0, 0.1) is 6.92 Å². The summed E-state index contributed by atoms with van der Waals surface area (Å²) in [5.41, 5.74) is 0.403. The van der Waals surface area contributed by atoms with E-state index >= 15 is 0 Å². The number of halogens is 4. The molecule has 29 heavy (non-hydrogen) atoms. The van der Waals surface area contributed by atoms with E-state index < -0.39 is 23.5 Å². The highest BCUT2D eigenvalue weighted by Gasteiger charge is 2.38. The predicted octanol–water partition coefficient (Wildman–Crippen LogP) is 4.10. The third kappa shape index (κ3) is 3.31. The molecule has 0 aliphatic heterocycles. The highest BCUT2D eigenvalue weighted by Crippen LogP contribution is 2.33. The third-order valence-electron chi connectivity index (χ3n) is 4.14. The van der Waals surface area contributed by atoms with Gasteiger partial charge in [0.2, 0.25) is 11.7 Å². The SMILES string of the molecule is Cc1cccn2c(=O)c(-c3cc(Cl)cc(-c4noc(C(F)(F)F)n4)c3)c(O)nc12. The van der Waals surface area contributed by atoms with Gasteiger partial charge in [0.1, 0.15) is 11.2 Å². The van der Waals surface area contributed by atoms with Gasteiger partial charge in [0.05, 0.1) is 0 Å². The van der Waals surface area contributed by atoms with Gasteiger partial charge in [-0.2, -0.15) is 23.1 Å². The molecule has 0 bridgehead atoms. The van der Waals surface area contributed by atoms with E-state index in [1.54, 1.807) is 19.1 Å². The zero-order valence-electron chi connectivity index (χ0n) is 14.5. The summed E-state index contributed by atoms with van der Waals surface area (Å²) < 4.78 is 43.6. The molecule has 3 heterocycles. The average molecular weight is 423 g/mol. The number of aryl methyl sites for hydroxylation is 1. The number of benzene rings is 1. The number of hydrogen-bond acceptors (Lipinski definition) is 6. The number of aromatic nitrogens is 4. The van der Waals surface area contributed by atoms with Crippen LogP contribution in [0.1, 0.15) is 11.5 Å².